The van der Waals surface area contributed by atoms with Crippen LogP contribution in [0.25, 0.3) is 0 Å². The molecule has 2 fully saturated rings. The quantitative estimate of drug-likeness (QED) is 0.676. The zero-order valence-electron chi connectivity index (χ0n) is 17.2. The van der Waals surface area contributed by atoms with Crippen molar-refractivity contribution in [3.63, 3.8) is 0 Å². The van der Waals surface area contributed by atoms with Crippen molar-refractivity contribution in [2.45, 2.75) is 51.9 Å². The number of aromatic nitrogens is 4. The predicted molar refractivity (Wildman–Crippen MR) is 106 cm³/mol. The number of hydrogen-bond acceptors (Lipinski definition) is 4. The standard InChI is InChI=1S/C21H32N6O/c1-17(2)20(21-22-23-24-27(21)16-19-9-6-14-28-19)26-12-10-25(11-13-26)15-18-7-4-3-5-8-18/h3-5,7-8,17,19-20H,6,9-16H2,1-2H3/p+2/t19-,20+/m1/s1. The van der Waals surface area contributed by atoms with Crippen molar-refractivity contribution in [2.75, 3.05) is 32.8 Å². The third kappa shape index (κ3) is 4.59. The predicted octanol–water partition coefficient (Wildman–Crippen LogP) is -0.467. The first-order valence-electron chi connectivity index (χ1n) is 10.8. The van der Waals surface area contributed by atoms with Crippen LogP contribution >= 0.6 is 0 Å². The first kappa shape index (κ1) is 19.5. The number of nitrogens with zero attached hydrogens (tertiary/aromatic N) is 4. The fourth-order valence-corrected chi connectivity index (χ4v) is 4.79. The fraction of sp³-hybridized carbons (Fsp3) is 0.667. The van der Waals surface area contributed by atoms with Gasteiger partial charge in [0.15, 0.2) is 6.04 Å². The number of ether oxygens (including phenoxy) is 1. The van der Waals surface area contributed by atoms with Gasteiger partial charge in [-0.2, -0.15) is 0 Å². The molecule has 1 aromatic heterocycles. The van der Waals surface area contributed by atoms with Gasteiger partial charge in [0.2, 0.25) is 5.82 Å². The van der Waals surface area contributed by atoms with Crippen LogP contribution in [0.4, 0.5) is 0 Å². The smallest absolute Gasteiger partial charge is 0.209 e. The monoisotopic (exact) mass is 386 g/mol. The number of rotatable bonds is 7. The summed E-state index contributed by atoms with van der Waals surface area (Å²) in [5, 5.41) is 12.8. The van der Waals surface area contributed by atoms with Crippen molar-refractivity contribution in [1.82, 2.24) is 20.2 Å². The summed E-state index contributed by atoms with van der Waals surface area (Å²) in [6.45, 7) is 12.1. The van der Waals surface area contributed by atoms with Gasteiger partial charge >= 0.3 is 0 Å². The Morgan fingerprint density at radius 2 is 1.93 bits per heavy atom. The van der Waals surface area contributed by atoms with Gasteiger partial charge in [-0.15, -0.1) is 5.10 Å². The Hall–Kier alpha value is -1.83. The maximum atomic E-state index is 5.81. The van der Waals surface area contributed by atoms with Crippen LogP contribution in [0.2, 0.25) is 0 Å². The lowest BCUT2D eigenvalue weighted by molar-refractivity contribution is -1.03. The molecule has 0 bridgehead atoms. The van der Waals surface area contributed by atoms with Crippen molar-refractivity contribution in [3.05, 3.63) is 41.7 Å². The number of piperazine rings is 1. The van der Waals surface area contributed by atoms with E-state index in [0.717, 1.165) is 51.5 Å². The van der Waals surface area contributed by atoms with E-state index in [4.69, 9.17) is 4.74 Å². The Morgan fingerprint density at radius 3 is 2.61 bits per heavy atom. The molecule has 3 heterocycles. The minimum Gasteiger partial charge on any atom is -0.376 e. The second-order valence-electron chi connectivity index (χ2n) is 8.65. The highest BCUT2D eigenvalue weighted by molar-refractivity contribution is 5.13. The second-order valence-corrected chi connectivity index (χ2v) is 8.65. The molecule has 7 nitrogen and oxygen atoms in total. The summed E-state index contributed by atoms with van der Waals surface area (Å²) < 4.78 is 7.82. The average Bonchev–Trinajstić information content (AvgIpc) is 3.37. The van der Waals surface area contributed by atoms with Gasteiger partial charge in [0.1, 0.15) is 32.7 Å². The maximum absolute atomic E-state index is 5.81. The average molecular weight is 387 g/mol. The Balaban J connectivity index is 1.40. The highest BCUT2D eigenvalue weighted by atomic mass is 16.5. The third-order valence-electron chi connectivity index (χ3n) is 6.24. The van der Waals surface area contributed by atoms with Gasteiger partial charge in [0, 0.05) is 18.1 Å². The van der Waals surface area contributed by atoms with E-state index in [0.29, 0.717) is 12.0 Å². The third-order valence-corrected chi connectivity index (χ3v) is 6.24. The zero-order chi connectivity index (χ0) is 19.3. The van der Waals surface area contributed by atoms with Crippen molar-refractivity contribution >= 4 is 0 Å². The second kappa shape index (κ2) is 9.11. The van der Waals surface area contributed by atoms with E-state index in [9.17, 15) is 0 Å². The molecule has 7 heteroatoms. The number of nitrogens with one attached hydrogen (secondary N) is 2. The molecular formula is C21H34N6O+2. The van der Waals surface area contributed by atoms with Gasteiger partial charge < -0.3 is 14.5 Å². The van der Waals surface area contributed by atoms with E-state index in [1.54, 1.807) is 9.80 Å². The van der Waals surface area contributed by atoms with Gasteiger partial charge in [-0.25, -0.2) is 4.68 Å². The molecule has 2 atom stereocenters. The number of quaternary nitrogens is 2. The van der Waals surface area contributed by atoms with Crippen LogP contribution in [0.5, 0.6) is 0 Å². The summed E-state index contributed by atoms with van der Waals surface area (Å²) in [7, 11) is 0. The Morgan fingerprint density at radius 1 is 1.14 bits per heavy atom. The molecule has 152 valence electrons. The van der Waals surface area contributed by atoms with Crippen molar-refractivity contribution in [3.8, 4) is 0 Å². The molecule has 28 heavy (non-hydrogen) atoms. The van der Waals surface area contributed by atoms with Crippen molar-refractivity contribution in [1.29, 1.82) is 0 Å². The lowest BCUT2D eigenvalue weighted by atomic mass is 10.0. The summed E-state index contributed by atoms with van der Waals surface area (Å²) in [4.78, 5) is 3.30. The van der Waals surface area contributed by atoms with Crippen LogP contribution in [-0.4, -0.2) is 59.1 Å². The lowest BCUT2D eigenvalue weighted by Crippen LogP contribution is -3.27. The van der Waals surface area contributed by atoms with E-state index >= 15 is 0 Å². The van der Waals surface area contributed by atoms with Crippen LogP contribution in [0.15, 0.2) is 30.3 Å². The van der Waals surface area contributed by atoms with Crippen LogP contribution in [0.3, 0.4) is 0 Å². The summed E-state index contributed by atoms with van der Waals surface area (Å²) in [5.41, 5.74) is 1.43. The molecule has 1 aromatic carbocycles. The largest absolute Gasteiger partial charge is 0.376 e. The Labute approximate surface area is 167 Å². The summed E-state index contributed by atoms with van der Waals surface area (Å²) in [6.07, 6.45) is 2.52. The van der Waals surface area contributed by atoms with Gasteiger partial charge in [0.05, 0.1) is 12.6 Å². The van der Waals surface area contributed by atoms with Crippen LogP contribution in [0.1, 0.15) is 44.1 Å². The molecule has 0 aliphatic carbocycles. The molecule has 2 N–H and O–H groups in total. The summed E-state index contributed by atoms with van der Waals surface area (Å²) in [6, 6.07) is 11.2. The van der Waals surface area contributed by atoms with Crippen LogP contribution in [-0.2, 0) is 17.8 Å². The lowest BCUT2D eigenvalue weighted by Gasteiger charge is -2.35. The highest BCUT2D eigenvalue weighted by Crippen LogP contribution is 2.19. The normalized spacial score (nSPS) is 26.6. The number of tetrazole rings is 1. The van der Waals surface area contributed by atoms with Crippen molar-refractivity contribution in [2.24, 2.45) is 5.92 Å². The van der Waals surface area contributed by atoms with Crippen LogP contribution < -0.4 is 9.80 Å². The summed E-state index contributed by atoms with van der Waals surface area (Å²) in [5.74, 6) is 1.53. The molecule has 0 amide bonds. The van der Waals surface area contributed by atoms with Gasteiger partial charge in [-0.05, 0) is 23.3 Å². The van der Waals surface area contributed by atoms with E-state index in [2.05, 4.69) is 59.7 Å². The van der Waals surface area contributed by atoms with Crippen molar-refractivity contribution < 1.29 is 14.5 Å². The molecule has 2 aliphatic rings. The molecule has 2 saturated heterocycles. The fourth-order valence-electron chi connectivity index (χ4n) is 4.79. The molecule has 4 rings (SSSR count). The first-order valence-corrected chi connectivity index (χ1v) is 10.8. The molecule has 0 saturated carbocycles. The first-order chi connectivity index (χ1) is 13.7. The molecular weight excluding hydrogens is 352 g/mol. The SMILES string of the molecule is CC(C)[C@@H](c1nnnn1C[C@H]1CCCO1)[NH+]1CC[NH+](Cc2ccccc2)CC1. The molecule has 0 unspecified atom stereocenters. The number of benzene rings is 1. The minimum atomic E-state index is 0.261. The molecule has 0 spiro atoms. The van der Waals surface area contributed by atoms with Crippen LogP contribution in [0, 0.1) is 5.92 Å². The van der Waals surface area contributed by atoms with Gasteiger partial charge in [-0.1, -0.05) is 44.2 Å². The summed E-state index contributed by atoms with van der Waals surface area (Å²) >= 11 is 0. The van der Waals surface area contributed by atoms with E-state index in [1.165, 1.54) is 18.7 Å². The van der Waals surface area contributed by atoms with Gasteiger partial charge in [-0.3, -0.25) is 0 Å². The Kier molecular flexibility index (Phi) is 6.34. The highest BCUT2D eigenvalue weighted by Gasteiger charge is 2.36. The Bertz CT molecular complexity index is 720. The van der Waals surface area contributed by atoms with E-state index in [-0.39, 0.29) is 6.10 Å². The molecule has 0 radical (unpaired) electrons. The van der Waals surface area contributed by atoms with Gasteiger partial charge in [0.25, 0.3) is 0 Å². The topological polar surface area (TPSA) is 61.7 Å². The van der Waals surface area contributed by atoms with E-state index in [1.807, 2.05) is 4.68 Å². The zero-order valence-corrected chi connectivity index (χ0v) is 17.2. The molecule has 2 aromatic rings. The minimum absolute atomic E-state index is 0.261. The molecule has 2 aliphatic heterocycles. The number of hydrogen-bond donors (Lipinski definition) is 2. The maximum Gasteiger partial charge on any atom is 0.209 e. The van der Waals surface area contributed by atoms with E-state index < -0.39 is 0 Å².